The second kappa shape index (κ2) is 6.89. The minimum Gasteiger partial charge on any atom is -0.339 e. The first kappa shape index (κ1) is 15.8. The van der Waals surface area contributed by atoms with Crippen LogP contribution in [-0.2, 0) is 11.3 Å². The molecule has 6 nitrogen and oxygen atoms in total. The number of carbonyl (C=O) groups is 2. The van der Waals surface area contributed by atoms with Crippen LogP contribution in [0.2, 0.25) is 0 Å². The Bertz CT molecular complexity index is 481. The quantitative estimate of drug-likeness (QED) is 0.850. The average molecular weight is 310 g/mol. The van der Waals surface area contributed by atoms with Gasteiger partial charge < -0.3 is 14.7 Å². The number of thiazole rings is 1. The molecule has 1 aromatic heterocycles. The maximum absolute atomic E-state index is 12.4. The van der Waals surface area contributed by atoms with Crippen molar-refractivity contribution in [1.29, 1.82) is 0 Å². The van der Waals surface area contributed by atoms with Crippen molar-refractivity contribution in [2.75, 3.05) is 34.2 Å². The van der Waals surface area contributed by atoms with Gasteiger partial charge >= 0.3 is 6.03 Å². The molecule has 0 aliphatic carbocycles. The molecule has 0 saturated carbocycles. The number of hydrogen-bond donors (Lipinski definition) is 0. The van der Waals surface area contributed by atoms with Gasteiger partial charge in [-0.2, -0.15) is 0 Å². The van der Waals surface area contributed by atoms with Gasteiger partial charge in [-0.05, 0) is 12.8 Å². The summed E-state index contributed by atoms with van der Waals surface area (Å²) in [5.74, 6) is 0.170. The highest BCUT2D eigenvalue weighted by molar-refractivity contribution is 7.09. The van der Waals surface area contributed by atoms with E-state index in [1.807, 2.05) is 17.3 Å². The second-order valence-corrected chi connectivity index (χ2v) is 6.54. The number of carbonyl (C=O) groups excluding carboxylic acids is 2. The first-order valence-corrected chi connectivity index (χ1v) is 7.96. The van der Waals surface area contributed by atoms with E-state index in [1.165, 1.54) is 0 Å². The Labute approximate surface area is 129 Å². The number of aromatic nitrogens is 1. The molecular weight excluding hydrogens is 288 g/mol. The van der Waals surface area contributed by atoms with Crippen LogP contribution in [0.4, 0.5) is 4.79 Å². The normalized spacial score (nSPS) is 15.9. The fourth-order valence-electron chi connectivity index (χ4n) is 2.52. The topological polar surface area (TPSA) is 56.8 Å². The van der Waals surface area contributed by atoms with Gasteiger partial charge in [0, 0.05) is 51.7 Å². The molecule has 0 bridgehead atoms. The molecule has 1 aromatic rings. The Kier molecular flexibility index (Phi) is 5.17. The third-order valence-electron chi connectivity index (χ3n) is 3.73. The maximum atomic E-state index is 12.4. The van der Waals surface area contributed by atoms with Gasteiger partial charge in [0.2, 0.25) is 5.91 Å². The molecule has 0 spiro atoms. The average Bonchev–Trinajstić information content (AvgIpc) is 2.98. The van der Waals surface area contributed by atoms with Gasteiger partial charge in [0.25, 0.3) is 0 Å². The van der Waals surface area contributed by atoms with Crippen molar-refractivity contribution in [2.45, 2.75) is 19.4 Å². The monoisotopic (exact) mass is 310 g/mol. The molecule has 0 N–H and O–H groups in total. The molecule has 1 fully saturated rings. The summed E-state index contributed by atoms with van der Waals surface area (Å²) in [6, 6.07) is 0.0250. The van der Waals surface area contributed by atoms with E-state index in [1.54, 1.807) is 41.4 Å². The Hall–Kier alpha value is -1.63. The summed E-state index contributed by atoms with van der Waals surface area (Å²) in [6.45, 7) is 1.87. The molecule has 1 aliphatic heterocycles. The zero-order chi connectivity index (χ0) is 15.4. The molecule has 2 heterocycles. The predicted molar refractivity (Wildman–Crippen MR) is 82.0 cm³/mol. The standard InChI is InChI=1S/C14H22N4O2S/c1-16(2)14(20)18-7-4-11(5-8-18)13(19)17(3)10-12-15-6-9-21-12/h6,9,11H,4-5,7-8,10H2,1-3H3. The lowest BCUT2D eigenvalue weighted by atomic mass is 9.95. The van der Waals surface area contributed by atoms with E-state index in [0.717, 1.165) is 17.8 Å². The number of hydrogen-bond acceptors (Lipinski definition) is 4. The van der Waals surface area contributed by atoms with Gasteiger partial charge in [-0.15, -0.1) is 11.3 Å². The fraction of sp³-hybridized carbons (Fsp3) is 0.643. The second-order valence-electron chi connectivity index (χ2n) is 5.56. The number of rotatable bonds is 3. The molecule has 0 aromatic carbocycles. The Morgan fingerprint density at radius 2 is 2.00 bits per heavy atom. The van der Waals surface area contributed by atoms with Crippen LogP contribution in [0.5, 0.6) is 0 Å². The minimum absolute atomic E-state index is 0.0150. The van der Waals surface area contributed by atoms with E-state index in [4.69, 9.17) is 0 Å². The van der Waals surface area contributed by atoms with Crippen molar-refractivity contribution in [3.63, 3.8) is 0 Å². The number of amides is 3. The van der Waals surface area contributed by atoms with E-state index in [-0.39, 0.29) is 17.9 Å². The van der Waals surface area contributed by atoms with Gasteiger partial charge in [-0.25, -0.2) is 9.78 Å². The first-order chi connectivity index (χ1) is 9.99. The van der Waals surface area contributed by atoms with Crippen LogP contribution < -0.4 is 0 Å². The largest absolute Gasteiger partial charge is 0.339 e. The van der Waals surface area contributed by atoms with Crippen LogP contribution >= 0.6 is 11.3 Å². The van der Waals surface area contributed by atoms with Crippen molar-refractivity contribution in [1.82, 2.24) is 19.7 Å². The van der Waals surface area contributed by atoms with Gasteiger partial charge in [-0.1, -0.05) is 0 Å². The number of urea groups is 1. The summed E-state index contributed by atoms with van der Waals surface area (Å²) in [5.41, 5.74) is 0. The van der Waals surface area contributed by atoms with E-state index >= 15 is 0 Å². The molecular formula is C14H22N4O2S. The summed E-state index contributed by atoms with van der Waals surface area (Å²) in [4.78, 5) is 33.6. The lowest BCUT2D eigenvalue weighted by molar-refractivity contribution is -0.136. The fourth-order valence-corrected chi connectivity index (χ4v) is 3.19. The molecule has 116 valence electrons. The smallest absolute Gasteiger partial charge is 0.319 e. The zero-order valence-corrected chi connectivity index (χ0v) is 13.6. The molecule has 2 rings (SSSR count). The highest BCUT2D eigenvalue weighted by atomic mass is 32.1. The molecule has 7 heteroatoms. The van der Waals surface area contributed by atoms with Crippen LogP contribution in [-0.4, -0.2) is 65.9 Å². The number of piperidine rings is 1. The Morgan fingerprint density at radius 1 is 1.33 bits per heavy atom. The van der Waals surface area contributed by atoms with Gasteiger partial charge in [-0.3, -0.25) is 4.79 Å². The van der Waals surface area contributed by atoms with E-state index in [9.17, 15) is 9.59 Å². The Balaban J connectivity index is 1.84. The number of nitrogens with zero attached hydrogens (tertiary/aromatic N) is 4. The highest BCUT2D eigenvalue weighted by Gasteiger charge is 2.29. The summed E-state index contributed by atoms with van der Waals surface area (Å²) < 4.78 is 0. The van der Waals surface area contributed by atoms with Crippen LogP contribution in [0.25, 0.3) is 0 Å². The SMILES string of the molecule is CN(C)C(=O)N1CCC(C(=O)N(C)Cc2nccs2)CC1. The predicted octanol–water partition coefficient (Wildman–Crippen LogP) is 1.50. The summed E-state index contributed by atoms with van der Waals surface area (Å²) in [5, 5.41) is 2.87. The first-order valence-electron chi connectivity index (χ1n) is 7.08. The van der Waals surface area contributed by atoms with Crippen LogP contribution in [0.15, 0.2) is 11.6 Å². The third kappa shape index (κ3) is 3.93. The Morgan fingerprint density at radius 3 is 2.52 bits per heavy atom. The lowest BCUT2D eigenvalue weighted by Crippen LogP contribution is -2.46. The van der Waals surface area contributed by atoms with Crippen molar-refractivity contribution >= 4 is 23.3 Å². The molecule has 0 unspecified atom stereocenters. The van der Waals surface area contributed by atoms with Crippen LogP contribution in [0.1, 0.15) is 17.8 Å². The molecule has 3 amide bonds. The maximum Gasteiger partial charge on any atom is 0.319 e. The molecule has 1 aliphatic rings. The minimum atomic E-state index is 0.0150. The van der Waals surface area contributed by atoms with Crippen molar-refractivity contribution in [3.05, 3.63) is 16.6 Å². The van der Waals surface area contributed by atoms with Crippen molar-refractivity contribution < 1.29 is 9.59 Å². The highest BCUT2D eigenvalue weighted by Crippen LogP contribution is 2.21. The van der Waals surface area contributed by atoms with E-state index in [0.29, 0.717) is 19.6 Å². The summed E-state index contributed by atoms with van der Waals surface area (Å²) >= 11 is 1.56. The summed E-state index contributed by atoms with van der Waals surface area (Å²) in [6.07, 6.45) is 3.23. The van der Waals surface area contributed by atoms with E-state index in [2.05, 4.69) is 4.98 Å². The summed E-state index contributed by atoms with van der Waals surface area (Å²) in [7, 11) is 5.32. The van der Waals surface area contributed by atoms with Gasteiger partial charge in [0.15, 0.2) is 0 Å². The molecule has 1 saturated heterocycles. The third-order valence-corrected chi connectivity index (χ3v) is 4.49. The van der Waals surface area contributed by atoms with Crippen molar-refractivity contribution in [3.8, 4) is 0 Å². The van der Waals surface area contributed by atoms with Crippen LogP contribution in [0, 0.1) is 5.92 Å². The molecule has 21 heavy (non-hydrogen) atoms. The van der Waals surface area contributed by atoms with Crippen LogP contribution in [0.3, 0.4) is 0 Å². The molecule has 0 atom stereocenters. The van der Waals surface area contributed by atoms with Gasteiger partial charge in [0.1, 0.15) is 5.01 Å². The zero-order valence-electron chi connectivity index (χ0n) is 12.8. The number of likely N-dealkylation sites (tertiary alicyclic amines) is 1. The van der Waals surface area contributed by atoms with Crippen molar-refractivity contribution in [2.24, 2.45) is 5.92 Å². The molecule has 0 radical (unpaired) electrons. The van der Waals surface area contributed by atoms with E-state index < -0.39 is 0 Å². The van der Waals surface area contributed by atoms with Gasteiger partial charge in [0.05, 0.1) is 6.54 Å². The lowest BCUT2D eigenvalue weighted by Gasteiger charge is -2.34.